The van der Waals surface area contributed by atoms with Crippen molar-refractivity contribution in [3.8, 4) is 0 Å². The first-order chi connectivity index (χ1) is 9.49. The number of nitrogens with one attached hydrogen (secondary N) is 1. The molecule has 1 N–H and O–H groups in total. The number of hydrogen-bond donors (Lipinski definition) is 1. The van der Waals surface area contributed by atoms with Gasteiger partial charge in [0, 0.05) is 35.8 Å². The topological polar surface area (TPSA) is 68.1 Å². The van der Waals surface area contributed by atoms with E-state index in [1.807, 2.05) is 32.0 Å². The van der Waals surface area contributed by atoms with Gasteiger partial charge in [-0.1, -0.05) is 0 Å². The van der Waals surface area contributed by atoms with Crippen molar-refractivity contribution in [1.82, 2.24) is 4.98 Å². The fourth-order valence-corrected chi connectivity index (χ4v) is 2.12. The van der Waals surface area contributed by atoms with Gasteiger partial charge in [-0.15, -0.1) is 0 Å². The number of anilines is 1. The van der Waals surface area contributed by atoms with Crippen LogP contribution in [-0.2, 0) is 0 Å². The molecule has 0 fully saturated rings. The van der Waals surface area contributed by atoms with Crippen molar-refractivity contribution < 1.29 is 4.92 Å². The third-order valence-electron chi connectivity index (χ3n) is 3.32. The van der Waals surface area contributed by atoms with Gasteiger partial charge in [-0.05, 0) is 50.1 Å². The number of pyridine rings is 1. The summed E-state index contributed by atoms with van der Waals surface area (Å²) in [5.41, 5.74) is 3.71. The number of aromatic nitrogens is 1. The first-order valence-electron chi connectivity index (χ1n) is 6.41. The highest BCUT2D eigenvalue weighted by atomic mass is 16.6. The van der Waals surface area contributed by atoms with E-state index in [9.17, 15) is 10.1 Å². The molecule has 104 valence electrons. The van der Waals surface area contributed by atoms with E-state index in [1.165, 1.54) is 0 Å². The first-order valence-corrected chi connectivity index (χ1v) is 6.41. The molecule has 0 spiro atoms. The molecule has 1 heterocycles. The first kappa shape index (κ1) is 14.0. The fourth-order valence-electron chi connectivity index (χ4n) is 2.12. The minimum atomic E-state index is -0.349. The minimum Gasteiger partial charge on any atom is -0.378 e. The van der Waals surface area contributed by atoms with E-state index in [4.69, 9.17) is 0 Å². The van der Waals surface area contributed by atoms with Gasteiger partial charge in [0.25, 0.3) is 5.69 Å². The van der Waals surface area contributed by atoms with Crippen LogP contribution in [0.2, 0.25) is 0 Å². The van der Waals surface area contributed by atoms with E-state index in [1.54, 1.807) is 25.4 Å². The largest absolute Gasteiger partial charge is 0.378 e. The standard InChI is InChI=1S/C15H17N3O2/c1-10-9-15(18(19)20)11(2)8-14(10)17-12(3)13-4-6-16-7-5-13/h4-9,12,17H,1-3H3. The summed E-state index contributed by atoms with van der Waals surface area (Å²) in [4.78, 5) is 14.6. The summed E-state index contributed by atoms with van der Waals surface area (Å²) in [5, 5.41) is 14.3. The molecule has 2 rings (SSSR count). The Labute approximate surface area is 117 Å². The van der Waals surface area contributed by atoms with Crippen LogP contribution in [0.1, 0.15) is 29.7 Å². The molecule has 0 aliphatic rings. The number of aryl methyl sites for hydroxylation is 2. The Kier molecular flexibility index (Phi) is 3.98. The van der Waals surface area contributed by atoms with Crippen molar-refractivity contribution in [2.45, 2.75) is 26.8 Å². The van der Waals surface area contributed by atoms with Crippen LogP contribution in [0.5, 0.6) is 0 Å². The lowest BCUT2D eigenvalue weighted by atomic mass is 10.1. The maximum atomic E-state index is 10.9. The van der Waals surface area contributed by atoms with Gasteiger partial charge in [-0.3, -0.25) is 15.1 Å². The quantitative estimate of drug-likeness (QED) is 0.678. The molecule has 0 amide bonds. The van der Waals surface area contributed by atoms with E-state index in [0.29, 0.717) is 5.56 Å². The smallest absolute Gasteiger partial charge is 0.272 e. The number of nitro groups is 1. The Morgan fingerprint density at radius 3 is 2.45 bits per heavy atom. The summed E-state index contributed by atoms with van der Waals surface area (Å²) in [6, 6.07) is 7.44. The maximum Gasteiger partial charge on any atom is 0.272 e. The maximum absolute atomic E-state index is 10.9. The molecule has 1 unspecified atom stereocenters. The van der Waals surface area contributed by atoms with Crippen LogP contribution in [0.4, 0.5) is 11.4 Å². The van der Waals surface area contributed by atoms with Gasteiger partial charge in [-0.2, -0.15) is 0 Å². The molecule has 0 bridgehead atoms. The van der Waals surface area contributed by atoms with Gasteiger partial charge in [0.1, 0.15) is 0 Å². The third-order valence-corrected chi connectivity index (χ3v) is 3.32. The molecule has 0 saturated heterocycles. The van der Waals surface area contributed by atoms with E-state index >= 15 is 0 Å². The van der Waals surface area contributed by atoms with Crippen LogP contribution in [0.15, 0.2) is 36.7 Å². The third kappa shape index (κ3) is 2.93. The molecule has 0 aliphatic heterocycles. The summed E-state index contributed by atoms with van der Waals surface area (Å²) in [6.45, 7) is 5.67. The van der Waals surface area contributed by atoms with Crippen molar-refractivity contribution in [1.29, 1.82) is 0 Å². The van der Waals surface area contributed by atoms with Gasteiger partial charge >= 0.3 is 0 Å². The zero-order chi connectivity index (χ0) is 14.7. The molecular formula is C15H17N3O2. The second-order valence-corrected chi connectivity index (χ2v) is 4.86. The Hall–Kier alpha value is -2.43. The van der Waals surface area contributed by atoms with E-state index in [-0.39, 0.29) is 16.7 Å². The Bertz CT molecular complexity index is 627. The number of benzene rings is 1. The van der Waals surface area contributed by atoms with E-state index in [2.05, 4.69) is 10.3 Å². The van der Waals surface area contributed by atoms with Gasteiger partial charge in [-0.25, -0.2) is 0 Å². The molecule has 1 atom stereocenters. The highest BCUT2D eigenvalue weighted by molar-refractivity contribution is 5.60. The Morgan fingerprint density at radius 2 is 1.85 bits per heavy atom. The number of hydrogen-bond acceptors (Lipinski definition) is 4. The fraction of sp³-hybridized carbons (Fsp3) is 0.267. The summed E-state index contributed by atoms with van der Waals surface area (Å²) >= 11 is 0. The second kappa shape index (κ2) is 5.69. The van der Waals surface area contributed by atoms with Crippen LogP contribution in [0.3, 0.4) is 0 Å². The normalized spacial score (nSPS) is 11.9. The molecule has 2 aromatic rings. The predicted molar refractivity (Wildman–Crippen MR) is 78.8 cm³/mol. The Balaban J connectivity index is 2.26. The summed E-state index contributed by atoms with van der Waals surface area (Å²) in [7, 11) is 0. The van der Waals surface area contributed by atoms with Crippen molar-refractivity contribution in [3.63, 3.8) is 0 Å². The molecule has 5 nitrogen and oxygen atoms in total. The molecular weight excluding hydrogens is 254 g/mol. The Morgan fingerprint density at radius 1 is 1.20 bits per heavy atom. The van der Waals surface area contributed by atoms with Crippen LogP contribution in [0, 0.1) is 24.0 Å². The van der Waals surface area contributed by atoms with Gasteiger partial charge < -0.3 is 5.32 Å². The number of rotatable bonds is 4. The lowest BCUT2D eigenvalue weighted by Crippen LogP contribution is -2.08. The van der Waals surface area contributed by atoms with Crippen molar-refractivity contribution in [2.24, 2.45) is 0 Å². The van der Waals surface area contributed by atoms with Crippen molar-refractivity contribution in [2.75, 3.05) is 5.32 Å². The van der Waals surface area contributed by atoms with Crippen LogP contribution in [0.25, 0.3) is 0 Å². The van der Waals surface area contributed by atoms with Crippen LogP contribution >= 0.6 is 0 Å². The average Bonchev–Trinajstić information content (AvgIpc) is 2.43. The van der Waals surface area contributed by atoms with Gasteiger partial charge in [0.05, 0.1) is 4.92 Å². The zero-order valence-corrected chi connectivity index (χ0v) is 11.8. The molecule has 20 heavy (non-hydrogen) atoms. The molecule has 1 aromatic carbocycles. The molecule has 0 radical (unpaired) electrons. The average molecular weight is 271 g/mol. The van der Waals surface area contributed by atoms with E-state index in [0.717, 1.165) is 16.8 Å². The summed E-state index contributed by atoms with van der Waals surface area (Å²) in [5.74, 6) is 0. The minimum absolute atomic E-state index is 0.109. The molecule has 0 aliphatic carbocycles. The van der Waals surface area contributed by atoms with Gasteiger partial charge in [0.2, 0.25) is 0 Å². The van der Waals surface area contributed by atoms with E-state index < -0.39 is 0 Å². The van der Waals surface area contributed by atoms with Crippen molar-refractivity contribution >= 4 is 11.4 Å². The number of nitrogens with zero attached hydrogens (tertiary/aromatic N) is 2. The summed E-state index contributed by atoms with van der Waals surface area (Å²) in [6.07, 6.45) is 3.50. The molecule has 5 heteroatoms. The van der Waals surface area contributed by atoms with Crippen LogP contribution < -0.4 is 5.32 Å². The monoisotopic (exact) mass is 271 g/mol. The zero-order valence-electron chi connectivity index (χ0n) is 11.8. The van der Waals surface area contributed by atoms with Crippen LogP contribution in [-0.4, -0.2) is 9.91 Å². The predicted octanol–water partition coefficient (Wildman–Crippen LogP) is 3.78. The lowest BCUT2D eigenvalue weighted by molar-refractivity contribution is -0.385. The highest BCUT2D eigenvalue weighted by Gasteiger charge is 2.14. The molecule has 0 saturated carbocycles. The second-order valence-electron chi connectivity index (χ2n) is 4.86. The lowest BCUT2D eigenvalue weighted by Gasteiger charge is -2.17. The van der Waals surface area contributed by atoms with Crippen molar-refractivity contribution in [3.05, 3.63) is 63.5 Å². The van der Waals surface area contributed by atoms with Gasteiger partial charge in [0.15, 0.2) is 0 Å². The SMILES string of the molecule is Cc1cc([N+](=O)[O-])c(C)cc1NC(C)c1ccncc1. The highest BCUT2D eigenvalue weighted by Crippen LogP contribution is 2.28. The number of nitro benzene ring substituents is 1. The molecule has 1 aromatic heterocycles. The summed E-state index contributed by atoms with van der Waals surface area (Å²) < 4.78 is 0.